The van der Waals surface area contributed by atoms with Crippen LogP contribution in [0, 0.1) is 0 Å². The highest BCUT2D eigenvalue weighted by Crippen LogP contribution is 2.19. The Kier molecular flexibility index (Phi) is 6.81. The van der Waals surface area contributed by atoms with Crippen LogP contribution >= 0.6 is 0 Å². The molecule has 1 saturated heterocycles. The fraction of sp³-hybridized carbons (Fsp3) is 0.550. The molecule has 27 heavy (non-hydrogen) atoms. The molecule has 0 radical (unpaired) electrons. The van der Waals surface area contributed by atoms with E-state index in [-0.39, 0.29) is 0 Å². The van der Waals surface area contributed by atoms with Gasteiger partial charge in [0.15, 0.2) is 11.8 Å². The van der Waals surface area contributed by atoms with Crippen molar-refractivity contribution in [1.29, 1.82) is 0 Å². The van der Waals surface area contributed by atoms with Gasteiger partial charge in [-0.1, -0.05) is 30.3 Å². The van der Waals surface area contributed by atoms with Gasteiger partial charge in [0.25, 0.3) is 0 Å². The van der Waals surface area contributed by atoms with Gasteiger partial charge in [-0.05, 0) is 32.3 Å². The Bertz CT molecular complexity index is 725. The highest BCUT2D eigenvalue weighted by molar-refractivity contribution is 5.80. The first-order valence-corrected chi connectivity index (χ1v) is 9.81. The van der Waals surface area contributed by atoms with Gasteiger partial charge in [0.1, 0.15) is 12.9 Å². The summed E-state index contributed by atoms with van der Waals surface area (Å²) in [5, 5.41) is 15.0. The number of nitrogens with one attached hydrogen (secondary N) is 2. The lowest BCUT2D eigenvalue weighted by Crippen LogP contribution is -2.51. The van der Waals surface area contributed by atoms with Gasteiger partial charge in [-0.25, -0.2) is 4.99 Å². The number of aliphatic imine (C=N–C) groups is 1. The lowest BCUT2D eigenvalue weighted by atomic mass is 9.97. The maximum Gasteiger partial charge on any atom is 0.191 e. The number of aryl methyl sites for hydroxylation is 1. The van der Waals surface area contributed by atoms with Crippen LogP contribution in [0.4, 0.5) is 0 Å². The minimum atomic E-state index is 0.435. The van der Waals surface area contributed by atoms with Crippen LogP contribution in [0.5, 0.6) is 0 Å². The second-order valence-corrected chi connectivity index (χ2v) is 7.22. The number of likely N-dealkylation sites (tertiary alicyclic amines) is 1. The van der Waals surface area contributed by atoms with Gasteiger partial charge in [-0.15, -0.1) is 10.2 Å². The van der Waals surface area contributed by atoms with Crippen molar-refractivity contribution < 1.29 is 0 Å². The van der Waals surface area contributed by atoms with Crippen LogP contribution in [0.2, 0.25) is 0 Å². The van der Waals surface area contributed by atoms with Gasteiger partial charge in [0, 0.05) is 38.8 Å². The standard InChI is InChI=1S/C20H31N7/c1-4-21-20(22-13-19-25-23-15-26(19)3)24-18-10-11-27(16(2)12-18)14-17-8-6-5-7-9-17/h5-9,15-16,18H,4,10-14H2,1-3H3,(H2,21,22,24). The molecule has 1 aromatic carbocycles. The van der Waals surface area contributed by atoms with Crippen molar-refractivity contribution in [2.24, 2.45) is 12.0 Å². The molecule has 3 rings (SSSR count). The van der Waals surface area contributed by atoms with Crippen molar-refractivity contribution in [3.8, 4) is 0 Å². The van der Waals surface area contributed by atoms with Crippen LogP contribution in [-0.2, 0) is 20.1 Å². The van der Waals surface area contributed by atoms with E-state index in [4.69, 9.17) is 0 Å². The van der Waals surface area contributed by atoms with E-state index in [9.17, 15) is 0 Å². The zero-order chi connectivity index (χ0) is 19.1. The van der Waals surface area contributed by atoms with E-state index in [0.29, 0.717) is 18.6 Å². The molecule has 146 valence electrons. The van der Waals surface area contributed by atoms with E-state index < -0.39 is 0 Å². The first-order valence-electron chi connectivity index (χ1n) is 9.81. The van der Waals surface area contributed by atoms with E-state index in [2.05, 4.69) is 74.9 Å². The molecular weight excluding hydrogens is 338 g/mol. The first-order chi connectivity index (χ1) is 13.2. The molecule has 2 aromatic rings. The molecule has 2 N–H and O–H groups in total. The van der Waals surface area contributed by atoms with Crippen LogP contribution in [0.15, 0.2) is 41.7 Å². The molecule has 0 amide bonds. The molecule has 1 aliphatic heterocycles. The molecule has 2 heterocycles. The fourth-order valence-corrected chi connectivity index (χ4v) is 3.52. The van der Waals surface area contributed by atoms with Crippen LogP contribution in [-0.4, -0.2) is 50.8 Å². The second-order valence-electron chi connectivity index (χ2n) is 7.22. The van der Waals surface area contributed by atoms with Crippen molar-refractivity contribution in [3.63, 3.8) is 0 Å². The summed E-state index contributed by atoms with van der Waals surface area (Å²) in [5.74, 6) is 1.72. The quantitative estimate of drug-likeness (QED) is 0.601. The molecule has 2 atom stereocenters. The molecule has 1 fully saturated rings. The number of hydrogen-bond donors (Lipinski definition) is 2. The van der Waals surface area contributed by atoms with Gasteiger partial charge >= 0.3 is 0 Å². The monoisotopic (exact) mass is 369 g/mol. The number of nitrogens with zero attached hydrogens (tertiary/aromatic N) is 5. The second kappa shape index (κ2) is 9.50. The van der Waals surface area contributed by atoms with Gasteiger partial charge < -0.3 is 15.2 Å². The average Bonchev–Trinajstić information content (AvgIpc) is 3.08. The zero-order valence-electron chi connectivity index (χ0n) is 16.6. The number of hydrogen-bond acceptors (Lipinski definition) is 4. The Hall–Kier alpha value is -2.41. The van der Waals surface area contributed by atoms with Crippen molar-refractivity contribution in [2.45, 2.75) is 51.9 Å². The lowest BCUT2D eigenvalue weighted by Gasteiger charge is -2.38. The van der Waals surface area contributed by atoms with Crippen molar-refractivity contribution >= 4 is 5.96 Å². The molecule has 1 aromatic heterocycles. The van der Waals surface area contributed by atoms with Gasteiger partial charge in [0.2, 0.25) is 0 Å². The normalized spacial score (nSPS) is 21.2. The number of piperidine rings is 1. The molecule has 7 nitrogen and oxygen atoms in total. The maximum atomic E-state index is 4.68. The molecular formula is C20H31N7. The third-order valence-corrected chi connectivity index (χ3v) is 5.11. The zero-order valence-corrected chi connectivity index (χ0v) is 16.6. The van der Waals surface area contributed by atoms with Crippen molar-refractivity contribution in [3.05, 3.63) is 48.0 Å². The third kappa shape index (κ3) is 5.53. The topological polar surface area (TPSA) is 70.4 Å². The van der Waals surface area contributed by atoms with Gasteiger partial charge in [0.05, 0.1) is 0 Å². The summed E-state index contributed by atoms with van der Waals surface area (Å²) in [7, 11) is 1.94. The lowest BCUT2D eigenvalue weighted by molar-refractivity contribution is 0.134. The third-order valence-electron chi connectivity index (χ3n) is 5.11. The minimum absolute atomic E-state index is 0.435. The summed E-state index contributed by atoms with van der Waals surface area (Å²) in [6.45, 7) is 7.89. The highest BCUT2D eigenvalue weighted by Gasteiger charge is 2.26. The summed E-state index contributed by atoms with van der Waals surface area (Å²) in [6.07, 6.45) is 3.93. The van der Waals surface area contributed by atoms with E-state index >= 15 is 0 Å². The summed E-state index contributed by atoms with van der Waals surface area (Å²) < 4.78 is 1.90. The largest absolute Gasteiger partial charge is 0.357 e. The van der Waals surface area contributed by atoms with E-state index in [0.717, 1.165) is 44.3 Å². The summed E-state index contributed by atoms with van der Waals surface area (Å²) in [6, 6.07) is 11.7. The first kappa shape index (κ1) is 19.4. The Labute approximate surface area is 161 Å². The van der Waals surface area contributed by atoms with Crippen molar-refractivity contribution in [2.75, 3.05) is 13.1 Å². The Morgan fingerprint density at radius 1 is 1.30 bits per heavy atom. The van der Waals surface area contributed by atoms with E-state index in [1.165, 1.54) is 5.56 Å². The molecule has 0 aliphatic carbocycles. The SMILES string of the molecule is CCNC(=NCc1nncn1C)NC1CCN(Cc2ccccc2)C(C)C1. The predicted octanol–water partition coefficient (Wildman–Crippen LogP) is 1.92. The van der Waals surface area contributed by atoms with Crippen LogP contribution in [0.3, 0.4) is 0 Å². The van der Waals surface area contributed by atoms with Crippen molar-refractivity contribution in [1.82, 2.24) is 30.3 Å². The molecule has 0 saturated carbocycles. The molecule has 7 heteroatoms. The average molecular weight is 370 g/mol. The smallest absolute Gasteiger partial charge is 0.191 e. The fourth-order valence-electron chi connectivity index (χ4n) is 3.52. The Balaban J connectivity index is 1.54. The summed E-state index contributed by atoms with van der Waals surface area (Å²) in [4.78, 5) is 7.25. The van der Waals surface area contributed by atoms with Crippen LogP contribution < -0.4 is 10.6 Å². The molecule has 1 aliphatic rings. The van der Waals surface area contributed by atoms with Gasteiger partial charge in [-0.2, -0.15) is 0 Å². The maximum absolute atomic E-state index is 4.68. The van der Waals surface area contributed by atoms with Gasteiger partial charge in [-0.3, -0.25) is 4.90 Å². The van der Waals surface area contributed by atoms with Crippen LogP contribution in [0.25, 0.3) is 0 Å². The minimum Gasteiger partial charge on any atom is -0.357 e. The number of rotatable bonds is 6. The highest BCUT2D eigenvalue weighted by atomic mass is 15.3. The summed E-state index contributed by atoms with van der Waals surface area (Å²) >= 11 is 0. The molecule has 2 unspecified atom stereocenters. The molecule has 0 bridgehead atoms. The Morgan fingerprint density at radius 3 is 2.78 bits per heavy atom. The van der Waals surface area contributed by atoms with E-state index in [1.54, 1.807) is 6.33 Å². The number of guanidine groups is 1. The predicted molar refractivity (Wildman–Crippen MR) is 108 cm³/mol. The number of benzene rings is 1. The molecule has 0 spiro atoms. The number of aromatic nitrogens is 3. The Morgan fingerprint density at radius 2 is 2.11 bits per heavy atom. The van der Waals surface area contributed by atoms with Crippen LogP contribution in [0.1, 0.15) is 38.1 Å². The summed E-state index contributed by atoms with van der Waals surface area (Å²) in [5.41, 5.74) is 1.38. The van der Waals surface area contributed by atoms with E-state index in [1.807, 2.05) is 11.6 Å².